The van der Waals surface area contributed by atoms with Crippen molar-refractivity contribution >= 4 is 15.9 Å². The molecule has 2 rings (SSSR count). The summed E-state index contributed by atoms with van der Waals surface area (Å²) in [5.41, 5.74) is 2.61. The number of aryl methyl sites for hydroxylation is 2. The first kappa shape index (κ1) is 14.6. The minimum Gasteiger partial charge on any atom is -0.486 e. The summed E-state index contributed by atoms with van der Waals surface area (Å²) in [6, 6.07) is 9.61. The number of halogens is 1. The van der Waals surface area contributed by atoms with Crippen LogP contribution in [0.3, 0.4) is 0 Å². The molecule has 1 aromatic heterocycles. The molecular weight excluding hydrogens is 318 g/mol. The zero-order valence-electron chi connectivity index (χ0n) is 11.6. The lowest BCUT2D eigenvalue weighted by Gasteiger charge is -2.09. The summed E-state index contributed by atoms with van der Waals surface area (Å²) < 4.78 is 8.57. The lowest BCUT2D eigenvalue weighted by atomic mass is 10.2. The number of ether oxygens (including phenoxy) is 1. The fourth-order valence-electron chi connectivity index (χ4n) is 1.94. The number of hydrogen-bond acceptors (Lipinski definition) is 3. The van der Waals surface area contributed by atoms with Gasteiger partial charge in [0.15, 0.2) is 0 Å². The van der Waals surface area contributed by atoms with Crippen molar-refractivity contribution in [2.45, 2.75) is 33.4 Å². The summed E-state index contributed by atoms with van der Waals surface area (Å²) in [6.07, 6.45) is 0.904. The predicted octanol–water partition coefficient (Wildman–Crippen LogP) is 3.68. The minimum atomic E-state index is 0.414. The van der Waals surface area contributed by atoms with Gasteiger partial charge in [0.25, 0.3) is 0 Å². The van der Waals surface area contributed by atoms with E-state index in [1.54, 1.807) is 12.1 Å². The van der Waals surface area contributed by atoms with E-state index in [2.05, 4.69) is 47.0 Å². The van der Waals surface area contributed by atoms with E-state index in [0.29, 0.717) is 17.9 Å². The predicted molar refractivity (Wildman–Crippen MR) is 80.5 cm³/mol. The number of hydrogen-bond donors (Lipinski definition) is 0. The first-order chi connectivity index (χ1) is 9.67. The van der Waals surface area contributed by atoms with Crippen molar-refractivity contribution in [2.24, 2.45) is 0 Å². The van der Waals surface area contributed by atoms with E-state index in [0.717, 1.165) is 28.8 Å². The zero-order chi connectivity index (χ0) is 14.5. The molecule has 0 radical (unpaired) electrons. The molecule has 0 atom stereocenters. The van der Waals surface area contributed by atoms with E-state index in [-0.39, 0.29) is 0 Å². The highest BCUT2D eigenvalue weighted by atomic mass is 79.9. The van der Waals surface area contributed by atoms with E-state index in [1.165, 1.54) is 0 Å². The van der Waals surface area contributed by atoms with E-state index in [4.69, 9.17) is 10.00 Å². The Labute approximate surface area is 127 Å². The first-order valence-corrected chi connectivity index (χ1v) is 7.35. The summed E-state index contributed by atoms with van der Waals surface area (Å²) in [7, 11) is 0. The SMILES string of the molecule is CCc1cc(COc2ccc(Br)cc2C#N)n(CC)n1. The third-order valence-electron chi connectivity index (χ3n) is 3.01. The average molecular weight is 334 g/mol. The summed E-state index contributed by atoms with van der Waals surface area (Å²) in [4.78, 5) is 0. The molecule has 0 unspecified atom stereocenters. The molecule has 2 aromatic rings. The lowest BCUT2D eigenvalue weighted by molar-refractivity contribution is 0.291. The number of benzene rings is 1. The highest BCUT2D eigenvalue weighted by Gasteiger charge is 2.09. The number of rotatable bonds is 5. The van der Waals surface area contributed by atoms with Crippen molar-refractivity contribution in [2.75, 3.05) is 0 Å². The Morgan fingerprint density at radius 1 is 1.35 bits per heavy atom. The number of nitriles is 1. The molecule has 0 aliphatic carbocycles. The maximum atomic E-state index is 9.11. The molecule has 0 aliphatic heterocycles. The van der Waals surface area contributed by atoms with Gasteiger partial charge < -0.3 is 4.74 Å². The second-order valence-electron chi connectivity index (χ2n) is 4.34. The molecule has 0 saturated heterocycles. The van der Waals surface area contributed by atoms with Crippen LogP contribution in [-0.4, -0.2) is 9.78 Å². The maximum absolute atomic E-state index is 9.11. The molecule has 5 heteroatoms. The standard InChI is InChI=1S/C15H16BrN3O/c1-3-13-8-14(19(4-2)18-13)10-20-15-6-5-12(16)7-11(15)9-17/h5-8H,3-4,10H2,1-2H3. The van der Waals surface area contributed by atoms with Gasteiger partial charge in [-0.2, -0.15) is 10.4 Å². The van der Waals surface area contributed by atoms with Crippen molar-refractivity contribution in [3.63, 3.8) is 0 Å². The quantitative estimate of drug-likeness (QED) is 0.838. The molecule has 0 fully saturated rings. The second kappa shape index (κ2) is 6.58. The summed E-state index contributed by atoms with van der Waals surface area (Å²) >= 11 is 3.35. The monoisotopic (exact) mass is 333 g/mol. The van der Waals surface area contributed by atoms with Gasteiger partial charge in [0, 0.05) is 11.0 Å². The van der Waals surface area contributed by atoms with E-state index in [9.17, 15) is 0 Å². The minimum absolute atomic E-state index is 0.414. The highest BCUT2D eigenvalue weighted by Crippen LogP contribution is 2.23. The molecule has 0 N–H and O–H groups in total. The molecular formula is C15H16BrN3O. The van der Waals surface area contributed by atoms with Crippen molar-refractivity contribution in [3.05, 3.63) is 45.7 Å². The Morgan fingerprint density at radius 2 is 2.15 bits per heavy atom. The molecule has 0 amide bonds. The molecule has 104 valence electrons. The van der Waals surface area contributed by atoms with Crippen molar-refractivity contribution < 1.29 is 4.74 Å². The van der Waals surface area contributed by atoms with E-state index >= 15 is 0 Å². The van der Waals surface area contributed by atoms with Crippen LogP contribution in [-0.2, 0) is 19.6 Å². The zero-order valence-corrected chi connectivity index (χ0v) is 13.1. The van der Waals surface area contributed by atoms with Gasteiger partial charge in [0.05, 0.1) is 17.0 Å². The summed E-state index contributed by atoms with van der Waals surface area (Å²) in [6.45, 7) is 5.35. The van der Waals surface area contributed by atoms with Crippen molar-refractivity contribution in [1.82, 2.24) is 9.78 Å². The van der Waals surface area contributed by atoms with E-state index < -0.39 is 0 Å². The molecule has 20 heavy (non-hydrogen) atoms. The fourth-order valence-corrected chi connectivity index (χ4v) is 2.31. The molecule has 0 aliphatic rings. The lowest BCUT2D eigenvalue weighted by Crippen LogP contribution is -2.06. The molecule has 0 bridgehead atoms. The highest BCUT2D eigenvalue weighted by molar-refractivity contribution is 9.10. The van der Waals surface area contributed by atoms with Gasteiger partial charge in [-0.1, -0.05) is 22.9 Å². The van der Waals surface area contributed by atoms with Crippen LogP contribution in [0, 0.1) is 11.3 Å². The van der Waals surface area contributed by atoms with Crippen molar-refractivity contribution in [3.8, 4) is 11.8 Å². The third kappa shape index (κ3) is 3.20. The largest absolute Gasteiger partial charge is 0.486 e. The second-order valence-corrected chi connectivity index (χ2v) is 5.25. The van der Waals surface area contributed by atoms with Crippen LogP contribution in [0.4, 0.5) is 0 Å². The van der Waals surface area contributed by atoms with Crippen LogP contribution in [0.1, 0.15) is 30.8 Å². The maximum Gasteiger partial charge on any atom is 0.137 e. The topological polar surface area (TPSA) is 50.8 Å². The average Bonchev–Trinajstić information content (AvgIpc) is 2.88. The first-order valence-electron chi connectivity index (χ1n) is 6.56. The third-order valence-corrected chi connectivity index (χ3v) is 3.51. The molecule has 1 aromatic carbocycles. The number of nitrogens with zero attached hydrogens (tertiary/aromatic N) is 3. The van der Waals surface area contributed by atoms with Crippen LogP contribution in [0.2, 0.25) is 0 Å². The Bertz CT molecular complexity index is 643. The molecule has 0 spiro atoms. The van der Waals surface area contributed by atoms with Crippen LogP contribution >= 0.6 is 15.9 Å². The molecule has 4 nitrogen and oxygen atoms in total. The van der Waals surface area contributed by atoms with Crippen LogP contribution in [0.15, 0.2) is 28.7 Å². The number of aromatic nitrogens is 2. The van der Waals surface area contributed by atoms with Gasteiger partial charge in [-0.05, 0) is 37.6 Å². The Hall–Kier alpha value is -1.80. The van der Waals surface area contributed by atoms with Gasteiger partial charge >= 0.3 is 0 Å². The summed E-state index contributed by atoms with van der Waals surface area (Å²) in [5, 5.41) is 13.6. The van der Waals surface area contributed by atoms with Crippen LogP contribution < -0.4 is 4.74 Å². The summed E-state index contributed by atoms with van der Waals surface area (Å²) in [5.74, 6) is 0.595. The van der Waals surface area contributed by atoms with Crippen LogP contribution in [0.5, 0.6) is 5.75 Å². The fraction of sp³-hybridized carbons (Fsp3) is 0.333. The Morgan fingerprint density at radius 3 is 2.80 bits per heavy atom. The van der Waals surface area contributed by atoms with Gasteiger partial charge in [-0.25, -0.2) is 0 Å². The smallest absolute Gasteiger partial charge is 0.137 e. The van der Waals surface area contributed by atoms with Gasteiger partial charge in [-0.3, -0.25) is 4.68 Å². The normalized spacial score (nSPS) is 10.3. The molecule has 1 heterocycles. The molecule has 0 saturated carbocycles. The Kier molecular flexibility index (Phi) is 4.80. The van der Waals surface area contributed by atoms with Gasteiger partial charge in [-0.15, -0.1) is 0 Å². The van der Waals surface area contributed by atoms with Gasteiger partial charge in [0.1, 0.15) is 18.4 Å². The van der Waals surface area contributed by atoms with Gasteiger partial charge in [0.2, 0.25) is 0 Å². The van der Waals surface area contributed by atoms with Crippen molar-refractivity contribution in [1.29, 1.82) is 5.26 Å². The Balaban J connectivity index is 2.17. The van der Waals surface area contributed by atoms with Crippen LogP contribution in [0.25, 0.3) is 0 Å². The van der Waals surface area contributed by atoms with E-state index in [1.807, 2.05) is 10.7 Å².